The van der Waals surface area contributed by atoms with E-state index >= 15 is 0 Å². The molecule has 0 saturated heterocycles. The summed E-state index contributed by atoms with van der Waals surface area (Å²) in [6.07, 6.45) is 0.872. The van der Waals surface area contributed by atoms with Gasteiger partial charge in [0.25, 0.3) is 0 Å². The fraction of sp³-hybridized carbons (Fsp3) is 0.538. The molecule has 0 bridgehead atoms. The van der Waals surface area contributed by atoms with Crippen LogP contribution in [0.2, 0.25) is 0 Å². The lowest BCUT2D eigenvalue weighted by Crippen LogP contribution is -2.60. The summed E-state index contributed by atoms with van der Waals surface area (Å²) in [6.45, 7) is 13.7. The lowest BCUT2D eigenvalue weighted by molar-refractivity contribution is -0.135. The monoisotopic (exact) mass is 721 g/mol. The van der Waals surface area contributed by atoms with Crippen molar-refractivity contribution in [2.24, 2.45) is 23.5 Å². The van der Waals surface area contributed by atoms with Gasteiger partial charge in [-0.25, -0.2) is 0 Å². The second-order valence-corrected chi connectivity index (χ2v) is 14.4. The van der Waals surface area contributed by atoms with Crippen molar-refractivity contribution in [3.63, 3.8) is 0 Å². The number of amides is 6. The molecule has 0 fully saturated rings. The van der Waals surface area contributed by atoms with Crippen molar-refractivity contribution in [3.05, 3.63) is 71.8 Å². The third-order valence-corrected chi connectivity index (χ3v) is 8.34. The first-order valence-electron chi connectivity index (χ1n) is 18.2. The Morgan fingerprint density at radius 2 is 0.981 bits per heavy atom. The molecule has 0 aliphatic rings. The molecule has 0 aliphatic heterocycles. The molecule has 0 aliphatic carbocycles. The van der Waals surface area contributed by atoms with Gasteiger partial charge < -0.3 is 37.6 Å². The zero-order valence-electron chi connectivity index (χ0n) is 31.7. The first-order valence-corrected chi connectivity index (χ1v) is 18.2. The number of hydrogen-bond acceptors (Lipinski definition) is 7. The predicted octanol–water partition coefficient (Wildman–Crippen LogP) is 1.74. The molecular weight excluding hydrogens is 662 g/mol. The molecular formula is C39H59N7O6. The maximum absolute atomic E-state index is 14.1. The van der Waals surface area contributed by atoms with E-state index in [-0.39, 0.29) is 43.0 Å². The summed E-state index contributed by atoms with van der Waals surface area (Å²) >= 11 is 0. The van der Waals surface area contributed by atoms with Gasteiger partial charge in [-0.3, -0.25) is 28.8 Å². The van der Waals surface area contributed by atoms with Gasteiger partial charge >= 0.3 is 0 Å². The Hall–Kier alpha value is -4.78. The van der Waals surface area contributed by atoms with E-state index in [9.17, 15) is 28.8 Å². The zero-order chi connectivity index (χ0) is 38.8. The SMILES string of the molecule is CCNCC(=O)N[C@H](CC(C)C)C(=O)N[C@H](Cc1ccccc1)C(=O)N[C@H](Cc1ccccc1)C(=O)N[C@@H](C(=O)N[C@H](CC(C)C)C(N)=O)C(C)C. The molecule has 2 aromatic carbocycles. The summed E-state index contributed by atoms with van der Waals surface area (Å²) in [7, 11) is 0. The first-order chi connectivity index (χ1) is 24.6. The Morgan fingerprint density at radius 1 is 0.558 bits per heavy atom. The highest BCUT2D eigenvalue weighted by Crippen LogP contribution is 2.12. The van der Waals surface area contributed by atoms with Crippen LogP contribution in [0.25, 0.3) is 0 Å². The van der Waals surface area contributed by atoms with Crippen molar-refractivity contribution in [1.29, 1.82) is 0 Å². The van der Waals surface area contributed by atoms with Gasteiger partial charge in [0.05, 0.1) is 6.54 Å². The minimum atomic E-state index is -1.15. The van der Waals surface area contributed by atoms with E-state index in [0.717, 1.165) is 11.1 Å². The van der Waals surface area contributed by atoms with Crippen molar-refractivity contribution in [2.75, 3.05) is 13.1 Å². The van der Waals surface area contributed by atoms with E-state index in [1.165, 1.54) is 0 Å². The standard InChI is InChI=1S/C39H59N7O6/c1-8-41-23-33(47)42-30(20-25(4)5)36(49)44-31(21-27-15-11-9-12-16-27)37(50)45-32(22-28-17-13-10-14-18-28)38(51)46-34(26(6)7)39(52)43-29(35(40)48)19-24(2)3/h9-18,24-26,29-32,34,41H,8,19-23H2,1-7H3,(H2,40,48)(H,42,47)(H,43,52)(H,44,49)(H,45,50)(H,46,51)/t29-,30-,31-,32-,34-/m1/s1. The van der Waals surface area contributed by atoms with E-state index < -0.39 is 59.7 Å². The molecule has 52 heavy (non-hydrogen) atoms. The van der Waals surface area contributed by atoms with Crippen molar-refractivity contribution in [3.8, 4) is 0 Å². The summed E-state index contributed by atoms with van der Waals surface area (Å²) < 4.78 is 0. The fourth-order valence-corrected chi connectivity index (χ4v) is 5.62. The molecule has 0 heterocycles. The fourth-order valence-electron chi connectivity index (χ4n) is 5.62. The van der Waals surface area contributed by atoms with Crippen LogP contribution in [0.3, 0.4) is 0 Å². The molecule has 2 aromatic rings. The topological polar surface area (TPSA) is 201 Å². The summed E-state index contributed by atoms with van der Waals surface area (Å²) in [4.78, 5) is 80.0. The second kappa shape index (κ2) is 22.2. The summed E-state index contributed by atoms with van der Waals surface area (Å²) in [5.41, 5.74) is 7.08. The summed E-state index contributed by atoms with van der Waals surface area (Å²) in [5, 5.41) is 16.9. The molecule has 0 unspecified atom stereocenters. The number of nitrogens with two attached hydrogens (primary N) is 1. The van der Waals surface area contributed by atoms with E-state index in [4.69, 9.17) is 5.73 Å². The normalized spacial score (nSPS) is 14.1. The van der Waals surface area contributed by atoms with Crippen LogP contribution >= 0.6 is 0 Å². The molecule has 13 nitrogen and oxygen atoms in total. The van der Waals surface area contributed by atoms with Gasteiger partial charge in [-0.1, -0.05) is 109 Å². The van der Waals surface area contributed by atoms with Crippen molar-refractivity contribution >= 4 is 35.4 Å². The first kappa shape index (κ1) is 43.4. The minimum Gasteiger partial charge on any atom is -0.368 e. The maximum Gasteiger partial charge on any atom is 0.243 e. The Balaban J connectivity index is 2.41. The lowest BCUT2D eigenvalue weighted by Gasteiger charge is -2.29. The van der Waals surface area contributed by atoms with Gasteiger partial charge in [0.1, 0.15) is 30.2 Å². The molecule has 13 heteroatoms. The van der Waals surface area contributed by atoms with Crippen LogP contribution in [0.4, 0.5) is 0 Å². The summed E-state index contributed by atoms with van der Waals surface area (Å²) in [6, 6.07) is 13.1. The maximum atomic E-state index is 14.1. The van der Waals surface area contributed by atoms with E-state index in [2.05, 4.69) is 31.9 Å². The second-order valence-electron chi connectivity index (χ2n) is 14.4. The van der Waals surface area contributed by atoms with Gasteiger partial charge in [-0.15, -0.1) is 0 Å². The molecule has 5 atom stereocenters. The predicted molar refractivity (Wildman–Crippen MR) is 201 cm³/mol. The summed E-state index contributed by atoms with van der Waals surface area (Å²) in [5.74, 6) is -3.60. The van der Waals surface area contributed by atoms with Gasteiger partial charge in [0, 0.05) is 12.8 Å². The highest BCUT2D eigenvalue weighted by Gasteiger charge is 2.34. The lowest BCUT2D eigenvalue weighted by atomic mass is 9.98. The molecule has 0 saturated carbocycles. The van der Waals surface area contributed by atoms with Gasteiger partial charge in [-0.05, 0) is 48.3 Å². The molecule has 6 amide bonds. The molecule has 2 rings (SSSR count). The van der Waals surface area contributed by atoms with E-state index in [1.807, 2.05) is 95.3 Å². The quantitative estimate of drug-likeness (QED) is 0.0960. The number of benzene rings is 2. The number of carbonyl (C=O) groups excluding carboxylic acids is 6. The molecule has 0 aromatic heterocycles. The van der Waals surface area contributed by atoms with Crippen LogP contribution in [0, 0.1) is 17.8 Å². The Kier molecular flexibility index (Phi) is 18.5. The average molecular weight is 722 g/mol. The molecule has 286 valence electrons. The molecule has 0 spiro atoms. The van der Waals surface area contributed by atoms with Gasteiger partial charge in [-0.2, -0.15) is 0 Å². The Morgan fingerprint density at radius 3 is 1.40 bits per heavy atom. The van der Waals surface area contributed by atoms with Crippen molar-refractivity contribution in [2.45, 2.75) is 104 Å². The van der Waals surface area contributed by atoms with Crippen LogP contribution in [-0.4, -0.2) is 78.7 Å². The van der Waals surface area contributed by atoms with Gasteiger partial charge in [0.2, 0.25) is 35.4 Å². The largest absolute Gasteiger partial charge is 0.368 e. The van der Waals surface area contributed by atoms with Crippen LogP contribution < -0.4 is 37.6 Å². The third kappa shape index (κ3) is 15.6. The Bertz CT molecular complexity index is 1450. The average Bonchev–Trinajstić information content (AvgIpc) is 3.08. The van der Waals surface area contributed by atoms with Crippen LogP contribution in [0.15, 0.2) is 60.7 Å². The smallest absolute Gasteiger partial charge is 0.243 e. The number of carbonyl (C=O) groups is 6. The number of rotatable bonds is 22. The third-order valence-electron chi connectivity index (χ3n) is 8.34. The minimum absolute atomic E-state index is 0.0406. The van der Waals surface area contributed by atoms with E-state index in [0.29, 0.717) is 19.4 Å². The molecule has 8 N–H and O–H groups in total. The van der Waals surface area contributed by atoms with Crippen LogP contribution in [-0.2, 0) is 41.6 Å². The Labute approximate surface area is 308 Å². The van der Waals surface area contributed by atoms with Crippen LogP contribution in [0.5, 0.6) is 0 Å². The number of likely N-dealkylation sites (N-methyl/N-ethyl adjacent to an activating group) is 1. The molecule has 0 radical (unpaired) electrons. The zero-order valence-corrected chi connectivity index (χ0v) is 31.7. The number of primary amides is 1. The number of nitrogens with one attached hydrogen (secondary N) is 6. The van der Waals surface area contributed by atoms with Crippen molar-refractivity contribution in [1.82, 2.24) is 31.9 Å². The van der Waals surface area contributed by atoms with Crippen molar-refractivity contribution < 1.29 is 28.8 Å². The number of hydrogen-bond donors (Lipinski definition) is 7. The highest BCUT2D eigenvalue weighted by molar-refractivity contribution is 5.96. The van der Waals surface area contributed by atoms with E-state index in [1.54, 1.807) is 13.8 Å². The van der Waals surface area contributed by atoms with Crippen LogP contribution in [0.1, 0.15) is 72.4 Å². The highest BCUT2D eigenvalue weighted by atomic mass is 16.2. The van der Waals surface area contributed by atoms with Gasteiger partial charge in [0.15, 0.2) is 0 Å².